The normalized spacial score (nSPS) is 19.4. The van der Waals surface area contributed by atoms with Crippen LogP contribution in [0.4, 0.5) is 0 Å². The van der Waals surface area contributed by atoms with Gasteiger partial charge >= 0.3 is 0 Å². The van der Waals surface area contributed by atoms with Crippen LogP contribution >= 0.6 is 0 Å². The molecule has 1 atom stereocenters. The second kappa shape index (κ2) is 7.78. The monoisotopic (exact) mass is 415 g/mol. The first-order chi connectivity index (χ1) is 13.8. The maximum atomic E-state index is 12.7. The number of nitrogens with zero attached hydrogens (tertiary/aromatic N) is 2. The maximum absolute atomic E-state index is 12.7. The lowest BCUT2D eigenvalue weighted by molar-refractivity contribution is -0.136. The molecule has 154 valence electrons. The molecule has 2 aromatic carbocycles. The molecule has 1 unspecified atom stereocenters. The second-order valence-corrected chi connectivity index (χ2v) is 9.21. The molecule has 2 heterocycles. The van der Waals surface area contributed by atoms with Crippen LogP contribution in [0, 0.1) is 6.92 Å². The Kier molecular flexibility index (Phi) is 5.33. The van der Waals surface area contributed by atoms with Crippen LogP contribution in [0.15, 0.2) is 47.4 Å². The van der Waals surface area contributed by atoms with Crippen molar-refractivity contribution in [3.05, 3.63) is 59.2 Å². The molecule has 0 radical (unpaired) electrons. The van der Waals surface area contributed by atoms with Gasteiger partial charge in [0.25, 0.3) is 5.91 Å². The summed E-state index contributed by atoms with van der Waals surface area (Å²) in [5.41, 5.74) is 3.19. The van der Waals surface area contributed by atoms with Crippen molar-refractivity contribution in [3.8, 4) is 5.75 Å². The minimum absolute atomic E-state index is 0.0140. The number of hydrogen-bond acceptors (Lipinski definition) is 5. The molecule has 8 heteroatoms. The number of amides is 1. The van der Waals surface area contributed by atoms with Crippen molar-refractivity contribution in [2.75, 3.05) is 32.8 Å². The third-order valence-corrected chi connectivity index (χ3v) is 6.61. The number of ether oxygens (including phenoxy) is 1. The number of primary sulfonamides is 1. The third kappa shape index (κ3) is 4.29. The molecular formula is C21H25N3O4S. The Morgan fingerprint density at radius 1 is 1.14 bits per heavy atom. The lowest BCUT2D eigenvalue weighted by Crippen LogP contribution is -2.53. The summed E-state index contributed by atoms with van der Waals surface area (Å²) in [4.78, 5) is 16.9. The Hall–Kier alpha value is -2.42. The summed E-state index contributed by atoms with van der Waals surface area (Å²) in [6.45, 7) is 4.78. The fourth-order valence-corrected chi connectivity index (χ4v) is 4.58. The number of benzene rings is 2. The SMILES string of the molecule is Cc1ccc(OCC(=O)N2CCN3CCc4ccc(S(N)(=O)=O)cc4C3C2)cc1. The third-order valence-electron chi connectivity index (χ3n) is 5.70. The highest BCUT2D eigenvalue weighted by atomic mass is 32.2. The van der Waals surface area contributed by atoms with Crippen LogP contribution in [0.25, 0.3) is 0 Å². The van der Waals surface area contributed by atoms with E-state index in [1.165, 1.54) is 0 Å². The highest BCUT2D eigenvalue weighted by molar-refractivity contribution is 7.89. The molecule has 0 aliphatic carbocycles. The summed E-state index contributed by atoms with van der Waals surface area (Å²) in [5.74, 6) is 0.600. The van der Waals surface area contributed by atoms with E-state index in [2.05, 4.69) is 4.90 Å². The second-order valence-electron chi connectivity index (χ2n) is 7.65. The lowest BCUT2D eigenvalue weighted by Gasteiger charge is -2.45. The van der Waals surface area contributed by atoms with Gasteiger partial charge in [0.05, 0.1) is 10.9 Å². The van der Waals surface area contributed by atoms with Crippen molar-refractivity contribution in [2.45, 2.75) is 24.3 Å². The van der Waals surface area contributed by atoms with Crippen LogP contribution < -0.4 is 9.88 Å². The minimum Gasteiger partial charge on any atom is -0.484 e. The summed E-state index contributed by atoms with van der Waals surface area (Å²) >= 11 is 0. The van der Waals surface area contributed by atoms with Gasteiger partial charge in [-0.2, -0.15) is 0 Å². The van der Waals surface area contributed by atoms with E-state index in [0.717, 1.165) is 36.2 Å². The lowest BCUT2D eigenvalue weighted by atomic mass is 9.91. The van der Waals surface area contributed by atoms with Gasteiger partial charge in [-0.15, -0.1) is 0 Å². The molecule has 2 aliphatic rings. The van der Waals surface area contributed by atoms with Crippen molar-refractivity contribution in [1.29, 1.82) is 0 Å². The largest absolute Gasteiger partial charge is 0.484 e. The van der Waals surface area contributed by atoms with E-state index in [-0.39, 0.29) is 23.5 Å². The van der Waals surface area contributed by atoms with Gasteiger partial charge in [-0.1, -0.05) is 23.8 Å². The fourth-order valence-electron chi connectivity index (χ4n) is 4.03. The number of nitrogens with two attached hydrogens (primary N) is 1. The van der Waals surface area contributed by atoms with Gasteiger partial charge in [0.15, 0.2) is 6.61 Å². The highest BCUT2D eigenvalue weighted by Crippen LogP contribution is 2.34. The van der Waals surface area contributed by atoms with Crippen molar-refractivity contribution in [1.82, 2.24) is 9.80 Å². The molecule has 1 fully saturated rings. The van der Waals surface area contributed by atoms with Gasteiger partial charge in [0, 0.05) is 26.2 Å². The summed E-state index contributed by atoms with van der Waals surface area (Å²) in [5, 5.41) is 5.32. The molecule has 1 amide bonds. The fraction of sp³-hybridized carbons (Fsp3) is 0.381. The van der Waals surface area contributed by atoms with Crippen molar-refractivity contribution in [2.24, 2.45) is 5.14 Å². The molecule has 0 aromatic heterocycles. The van der Waals surface area contributed by atoms with Crippen LogP contribution in [-0.4, -0.2) is 56.9 Å². The number of fused-ring (bicyclic) bond motifs is 3. The van der Waals surface area contributed by atoms with E-state index in [0.29, 0.717) is 18.8 Å². The molecule has 29 heavy (non-hydrogen) atoms. The van der Waals surface area contributed by atoms with Gasteiger partial charge in [-0.25, -0.2) is 13.6 Å². The zero-order chi connectivity index (χ0) is 20.6. The number of carbonyl (C=O) groups is 1. The molecular weight excluding hydrogens is 390 g/mol. The maximum Gasteiger partial charge on any atom is 0.260 e. The molecule has 0 bridgehead atoms. The van der Waals surface area contributed by atoms with E-state index < -0.39 is 10.0 Å². The van der Waals surface area contributed by atoms with Crippen LogP contribution in [0.2, 0.25) is 0 Å². The minimum atomic E-state index is -3.77. The van der Waals surface area contributed by atoms with Crippen molar-refractivity contribution < 1.29 is 17.9 Å². The molecule has 0 saturated carbocycles. The predicted molar refractivity (Wildman–Crippen MR) is 109 cm³/mol. The van der Waals surface area contributed by atoms with Gasteiger partial charge in [0.2, 0.25) is 10.0 Å². The number of piperazine rings is 1. The molecule has 2 aliphatic heterocycles. The molecule has 7 nitrogen and oxygen atoms in total. The van der Waals surface area contributed by atoms with Crippen LogP contribution in [0.5, 0.6) is 5.75 Å². The highest BCUT2D eigenvalue weighted by Gasteiger charge is 2.34. The predicted octanol–water partition coefficient (Wildman–Crippen LogP) is 1.46. The number of sulfonamides is 1. The smallest absolute Gasteiger partial charge is 0.260 e. The first-order valence-electron chi connectivity index (χ1n) is 9.68. The number of rotatable bonds is 4. The van der Waals surface area contributed by atoms with Gasteiger partial charge in [-0.05, 0) is 48.7 Å². The average molecular weight is 416 g/mol. The van der Waals surface area contributed by atoms with E-state index in [4.69, 9.17) is 9.88 Å². The molecule has 1 saturated heterocycles. The Morgan fingerprint density at radius 2 is 1.90 bits per heavy atom. The molecule has 2 aromatic rings. The van der Waals surface area contributed by atoms with Gasteiger partial charge < -0.3 is 9.64 Å². The molecule has 0 spiro atoms. The Morgan fingerprint density at radius 3 is 2.62 bits per heavy atom. The van der Waals surface area contributed by atoms with E-state index in [1.807, 2.05) is 37.3 Å². The zero-order valence-corrected chi connectivity index (χ0v) is 17.2. The summed E-state index contributed by atoms with van der Waals surface area (Å²) in [6.07, 6.45) is 0.862. The number of hydrogen-bond donors (Lipinski definition) is 1. The average Bonchev–Trinajstić information content (AvgIpc) is 2.71. The van der Waals surface area contributed by atoms with E-state index in [1.54, 1.807) is 17.0 Å². The van der Waals surface area contributed by atoms with E-state index >= 15 is 0 Å². The standard InChI is InChI=1S/C21H25N3O4S/c1-15-2-5-17(6-3-15)28-14-21(25)24-11-10-23-9-8-16-4-7-18(29(22,26)27)12-19(16)20(23)13-24/h2-7,12,20H,8-11,13-14H2,1H3,(H2,22,26,27). The number of carbonyl (C=O) groups excluding carboxylic acids is 1. The molecule has 4 rings (SSSR count). The van der Waals surface area contributed by atoms with Crippen LogP contribution in [-0.2, 0) is 21.2 Å². The molecule has 2 N–H and O–H groups in total. The number of aryl methyl sites for hydroxylation is 1. The quantitative estimate of drug-likeness (QED) is 0.816. The van der Waals surface area contributed by atoms with Crippen LogP contribution in [0.1, 0.15) is 22.7 Å². The first-order valence-corrected chi connectivity index (χ1v) is 11.2. The summed E-state index contributed by atoms with van der Waals surface area (Å²) in [7, 11) is -3.77. The summed E-state index contributed by atoms with van der Waals surface area (Å²) < 4.78 is 29.2. The van der Waals surface area contributed by atoms with Crippen LogP contribution in [0.3, 0.4) is 0 Å². The first kappa shape index (κ1) is 19.9. The zero-order valence-electron chi connectivity index (χ0n) is 16.4. The Bertz CT molecular complexity index is 1020. The Labute approximate surface area is 171 Å². The Balaban J connectivity index is 1.48. The van der Waals surface area contributed by atoms with Gasteiger partial charge in [0.1, 0.15) is 5.75 Å². The topological polar surface area (TPSA) is 92.9 Å². The van der Waals surface area contributed by atoms with E-state index in [9.17, 15) is 13.2 Å². The van der Waals surface area contributed by atoms with Crippen molar-refractivity contribution >= 4 is 15.9 Å². The van der Waals surface area contributed by atoms with Crippen molar-refractivity contribution in [3.63, 3.8) is 0 Å². The van der Waals surface area contributed by atoms with Gasteiger partial charge in [-0.3, -0.25) is 9.69 Å². The summed E-state index contributed by atoms with van der Waals surface area (Å²) in [6, 6.07) is 12.6.